The molecule has 2 aromatic heterocycles. The maximum atomic E-state index is 12.9. The van der Waals surface area contributed by atoms with Gasteiger partial charge in [-0.25, -0.2) is 4.68 Å². The Balaban J connectivity index is 1.46. The monoisotopic (exact) mass is 450 g/mol. The minimum Gasteiger partial charge on any atom is -0.489 e. The van der Waals surface area contributed by atoms with Crippen LogP contribution in [0.15, 0.2) is 59.1 Å². The standard InChI is InChI=1S/C24H23ClN4O3/c1-15-21(16(2)29(27-15)19-7-5-4-6-8-19)13-26-24(30)23-22(17(3)32-28-23)14-31-20-11-9-18(25)10-12-20/h4-12H,13-14H2,1-3H3,(H,26,30). The molecule has 4 aromatic rings. The third-order valence-electron chi connectivity index (χ3n) is 5.26. The van der Waals surface area contributed by atoms with Crippen LogP contribution in [-0.4, -0.2) is 20.8 Å². The van der Waals surface area contributed by atoms with E-state index in [2.05, 4.69) is 15.6 Å². The van der Waals surface area contributed by atoms with E-state index in [1.807, 2.05) is 48.9 Å². The van der Waals surface area contributed by atoms with Gasteiger partial charge in [-0.05, 0) is 57.2 Å². The lowest BCUT2D eigenvalue weighted by Gasteiger charge is -2.08. The first-order valence-electron chi connectivity index (χ1n) is 10.2. The van der Waals surface area contributed by atoms with Crippen LogP contribution >= 0.6 is 11.6 Å². The lowest BCUT2D eigenvalue weighted by molar-refractivity contribution is 0.0939. The van der Waals surface area contributed by atoms with Gasteiger partial charge in [-0.15, -0.1) is 0 Å². The number of carbonyl (C=O) groups excluding carboxylic acids is 1. The summed E-state index contributed by atoms with van der Waals surface area (Å²) in [6, 6.07) is 16.9. The van der Waals surface area contributed by atoms with Gasteiger partial charge in [0.05, 0.1) is 16.9 Å². The summed E-state index contributed by atoms with van der Waals surface area (Å²) in [5, 5.41) is 12.1. The predicted octanol–water partition coefficient (Wildman–Crippen LogP) is 4.95. The van der Waals surface area contributed by atoms with Crippen molar-refractivity contribution in [3.63, 3.8) is 0 Å². The minimum atomic E-state index is -0.331. The smallest absolute Gasteiger partial charge is 0.274 e. The molecule has 1 amide bonds. The second kappa shape index (κ2) is 9.28. The Morgan fingerprint density at radius 3 is 2.50 bits per heavy atom. The summed E-state index contributed by atoms with van der Waals surface area (Å²) >= 11 is 5.91. The van der Waals surface area contributed by atoms with E-state index in [1.54, 1.807) is 31.2 Å². The van der Waals surface area contributed by atoms with Gasteiger partial charge >= 0.3 is 0 Å². The lowest BCUT2D eigenvalue weighted by atomic mass is 10.1. The Hall–Kier alpha value is -3.58. The van der Waals surface area contributed by atoms with E-state index in [1.165, 1.54) is 0 Å². The van der Waals surface area contributed by atoms with Crippen molar-refractivity contribution in [2.45, 2.75) is 33.9 Å². The number of benzene rings is 2. The van der Waals surface area contributed by atoms with Crippen LogP contribution in [0.2, 0.25) is 5.02 Å². The van der Waals surface area contributed by atoms with Gasteiger partial charge in [0.25, 0.3) is 5.91 Å². The highest BCUT2D eigenvalue weighted by molar-refractivity contribution is 6.30. The molecule has 4 rings (SSSR count). The summed E-state index contributed by atoms with van der Waals surface area (Å²) in [5.41, 5.74) is 4.57. The zero-order valence-electron chi connectivity index (χ0n) is 18.1. The molecule has 0 saturated carbocycles. The minimum absolute atomic E-state index is 0.156. The number of aromatic nitrogens is 3. The molecule has 2 aromatic carbocycles. The van der Waals surface area contributed by atoms with Crippen molar-refractivity contribution < 1.29 is 14.1 Å². The number of hydrogen-bond acceptors (Lipinski definition) is 5. The Morgan fingerprint density at radius 2 is 1.78 bits per heavy atom. The van der Waals surface area contributed by atoms with Crippen LogP contribution in [-0.2, 0) is 13.2 Å². The average molecular weight is 451 g/mol. The third-order valence-corrected chi connectivity index (χ3v) is 5.52. The van der Waals surface area contributed by atoms with Crippen LogP contribution in [0.1, 0.15) is 38.8 Å². The Labute approximate surface area is 190 Å². The Morgan fingerprint density at radius 1 is 1.06 bits per heavy atom. The Bertz CT molecular complexity index is 1230. The van der Waals surface area contributed by atoms with Gasteiger partial charge in [-0.2, -0.15) is 5.10 Å². The van der Waals surface area contributed by atoms with Gasteiger partial charge in [0.15, 0.2) is 5.69 Å². The molecule has 0 fully saturated rings. The molecule has 0 radical (unpaired) electrons. The highest BCUT2D eigenvalue weighted by atomic mass is 35.5. The number of hydrogen-bond donors (Lipinski definition) is 1. The summed E-state index contributed by atoms with van der Waals surface area (Å²) in [4.78, 5) is 12.9. The number of rotatable bonds is 7. The van der Waals surface area contributed by atoms with Crippen LogP contribution in [0, 0.1) is 20.8 Å². The van der Waals surface area contributed by atoms with Crippen LogP contribution in [0.3, 0.4) is 0 Å². The largest absolute Gasteiger partial charge is 0.489 e. The fourth-order valence-electron chi connectivity index (χ4n) is 3.43. The molecule has 7 nitrogen and oxygen atoms in total. The van der Waals surface area contributed by atoms with Crippen molar-refractivity contribution >= 4 is 17.5 Å². The summed E-state index contributed by atoms with van der Waals surface area (Å²) in [6.45, 7) is 6.15. The molecule has 0 bridgehead atoms. The zero-order chi connectivity index (χ0) is 22.7. The van der Waals surface area contributed by atoms with E-state index in [0.29, 0.717) is 28.6 Å². The van der Waals surface area contributed by atoms with E-state index >= 15 is 0 Å². The predicted molar refractivity (Wildman–Crippen MR) is 121 cm³/mol. The molecule has 0 aliphatic heterocycles. The number of ether oxygens (including phenoxy) is 1. The first-order valence-corrected chi connectivity index (χ1v) is 10.5. The van der Waals surface area contributed by atoms with Crippen LogP contribution in [0.25, 0.3) is 5.69 Å². The van der Waals surface area contributed by atoms with Crippen molar-refractivity contribution in [2.24, 2.45) is 0 Å². The maximum Gasteiger partial charge on any atom is 0.274 e. The number of nitrogens with one attached hydrogen (secondary N) is 1. The van der Waals surface area contributed by atoms with Gasteiger partial charge in [0.1, 0.15) is 18.1 Å². The summed E-state index contributed by atoms with van der Waals surface area (Å²) in [6.07, 6.45) is 0. The van der Waals surface area contributed by atoms with Crippen molar-refractivity contribution in [1.82, 2.24) is 20.3 Å². The molecule has 0 unspecified atom stereocenters. The van der Waals surface area contributed by atoms with E-state index in [4.69, 9.17) is 20.9 Å². The molecule has 0 aliphatic rings. The summed E-state index contributed by atoms with van der Waals surface area (Å²) in [7, 11) is 0. The highest BCUT2D eigenvalue weighted by Gasteiger charge is 2.21. The van der Waals surface area contributed by atoms with E-state index < -0.39 is 0 Å². The molecular formula is C24H23ClN4O3. The average Bonchev–Trinajstić information content (AvgIpc) is 3.31. The fraction of sp³-hybridized carbons (Fsp3) is 0.208. The second-order valence-electron chi connectivity index (χ2n) is 7.39. The van der Waals surface area contributed by atoms with Crippen LogP contribution in [0.4, 0.5) is 0 Å². The quantitative estimate of drug-likeness (QED) is 0.431. The molecule has 0 spiro atoms. The van der Waals surface area contributed by atoms with Gasteiger partial charge in [-0.3, -0.25) is 4.79 Å². The number of para-hydroxylation sites is 1. The first kappa shape index (κ1) is 21.6. The first-order chi connectivity index (χ1) is 15.4. The highest BCUT2D eigenvalue weighted by Crippen LogP contribution is 2.21. The SMILES string of the molecule is Cc1nn(-c2ccccc2)c(C)c1CNC(=O)c1noc(C)c1COc1ccc(Cl)cc1. The third kappa shape index (κ3) is 4.53. The van der Waals surface area contributed by atoms with Gasteiger partial charge in [0.2, 0.25) is 0 Å². The Kier molecular flexibility index (Phi) is 6.28. The van der Waals surface area contributed by atoms with E-state index in [0.717, 1.165) is 22.6 Å². The molecule has 2 heterocycles. The molecule has 8 heteroatoms. The number of aryl methyl sites for hydroxylation is 2. The van der Waals surface area contributed by atoms with Crippen molar-refractivity contribution in [3.05, 3.63) is 93.6 Å². The molecule has 1 N–H and O–H groups in total. The van der Waals surface area contributed by atoms with Gasteiger partial charge in [-0.1, -0.05) is 35.0 Å². The molecule has 164 valence electrons. The second-order valence-corrected chi connectivity index (χ2v) is 7.82. The van der Waals surface area contributed by atoms with Crippen LogP contribution < -0.4 is 10.1 Å². The van der Waals surface area contributed by atoms with Crippen molar-refractivity contribution in [3.8, 4) is 11.4 Å². The molecule has 0 atom stereocenters. The fourth-order valence-corrected chi connectivity index (χ4v) is 3.56. The molecule has 32 heavy (non-hydrogen) atoms. The number of carbonyl (C=O) groups is 1. The molecular weight excluding hydrogens is 428 g/mol. The van der Waals surface area contributed by atoms with Crippen LogP contribution in [0.5, 0.6) is 5.75 Å². The maximum absolute atomic E-state index is 12.9. The van der Waals surface area contributed by atoms with Crippen molar-refractivity contribution in [2.75, 3.05) is 0 Å². The summed E-state index contributed by atoms with van der Waals surface area (Å²) in [5.74, 6) is 0.845. The number of halogens is 1. The van der Waals surface area contributed by atoms with E-state index in [9.17, 15) is 4.79 Å². The normalized spacial score (nSPS) is 10.9. The molecule has 0 saturated heterocycles. The van der Waals surface area contributed by atoms with Gasteiger partial charge < -0.3 is 14.6 Å². The molecule has 0 aliphatic carbocycles. The van der Waals surface area contributed by atoms with Gasteiger partial charge in [0, 0.05) is 22.8 Å². The lowest BCUT2D eigenvalue weighted by Crippen LogP contribution is -2.25. The summed E-state index contributed by atoms with van der Waals surface area (Å²) < 4.78 is 12.9. The number of nitrogens with zero attached hydrogens (tertiary/aromatic N) is 3. The number of amides is 1. The van der Waals surface area contributed by atoms with E-state index in [-0.39, 0.29) is 18.2 Å². The topological polar surface area (TPSA) is 82.2 Å². The zero-order valence-corrected chi connectivity index (χ0v) is 18.8. The van der Waals surface area contributed by atoms with Crippen molar-refractivity contribution in [1.29, 1.82) is 0 Å².